The summed E-state index contributed by atoms with van der Waals surface area (Å²) in [7, 11) is 0. The first-order valence-electron chi connectivity index (χ1n) is 10.2. The van der Waals surface area contributed by atoms with Crippen molar-refractivity contribution in [3.8, 4) is 17.0 Å². The van der Waals surface area contributed by atoms with Gasteiger partial charge in [-0.2, -0.15) is 0 Å². The van der Waals surface area contributed by atoms with Crippen LogP contribution in [0, 0.1) is 5.92 Å². The van der Waals surface area contributed by atoms with E-state index < -0.39 is 29.9 Å². The zero-order valence-corrected chi connectivity index (χ0v) is 19.0. The number of furan rings is 1. The zero-order valence-electron chi connectivity index (χ0n) is 17.4. The van der Waals surface area contributed by atoms with E-state index in [1.54, 1.807) is 17.5 Å². The Balaban J connectivity index is 1.62. The van der Waals surface area contributed by atoms with Gasteiger partial charge in [0.05, 0.1) is 29.3 Å². The van der Waals surface area contributed by atoms with Crippen molar-refractivity contribution in [2.24, 2.45) is 5.92 Å². The second-order valence-electron chi connectivity index (χ2n) is 7.72. The molecule has 1 saturated carbocycles. The maximum Gasteiger partial charge on any atom is 0.573 e. The molecular weight excluding hydrogens is 497 g/mol. The van der Waals surface area contributed by atoms with E-state index >= 15 is 0 Å². The molecule has 7 nitrogen and oxygen atoms in total. The standard InChI is InChI=1S/C22H18ClF3N2O5S/c23-17-6-5-15(33-22(24,25)26)10-16(17)18-11-34-21(27-18)28(13-3-4-13)20(31)12(9-19(29)30)8-14-2-1-7-32-14/h1-2,5-7,10-13H,3-4,8-9H2,(H,29,30)/t12-/m1/s1. The summed E-state index contributed by atoms with van der Waals surface area (Å²) < 4.78 is 47.1. The highest BCUT2D eigenvalue weighted by Crippen LogP contribution is 2.39. The first kappa shape index (κ1) is 24.1. The molecule has 0 saturated heterocycles. The maximum absolute atomic E-state index is 13.4. The van der Waals surface area contributed by atoms with E-state index in [0.29, 0.717) is 10.9 Å². The number of alkyl halides is 3. The van der Waals surface area contributed by atoms with Gasteiger partial charge in [-0.1, -0.05) is 11.6 Å². The number of ether oxygens (including phenoxy) is 1. The van der Waals surface area contributed by atoms with Gasteiger partial charge in [-0.05, 0) is 43.2 Å². The number of carbonyl (C=O) groups excluding carboxylic acids is 1. The predicted molar refractivity (Wildman–Crippen MR) is 118 cm³/mol. The van der Waals surface area contributed by atoms with Crippen LogP contribution in [0.25, 0.3) is 11.3 Å². The molecule has 1 fully saturated rings. The van der Waals surface area contributed by atoms with Crippen molar-refractivity contribution in [1.29, 1.82) is 0 Å². The third-order valence-electron chi connectivity index (χ3n) is 5.09. The van der Waals surface area contributed by atoms with Gasteiger partial charge in [0.15, 0.2) is 5.13 Å². The summed E-state index contributed by atoms with van der Waals surface area (Å²) in [6.07, 6.45) is -2.22. The Bertz CT molecular complexity index is 1180. The minimum Gasteiger partial charge on any atom is -0.481 e. The minimum atomic E-state index is -4.86. The second kappa shape index (κ2) is 9.67. The molecule has 180 valence electrons. The number of aliphatic carboxylic acids is 1. The summed E-state index contributed by atoms with van der Waals surface area (Å²) in [5.74, 6) is -2.35. The van der Waals surface area contributed by atoms with Crippen LogP contribution in [0.15, 0.2) is 46.4 Å². The molecule has 2 aromatic heterocycles. The van der Waals surface area contributed by atoms with Gasteiger partial charge < -0.3 is 14.3 Å². The highest BCUT2D eigenvalue weighted by molar-refractivity contribution is 7.14. The number of carbonyl (C=O) groups is 2. The average Bonchev–Trinajstić information content (AvgIpc) is 3.22. The lowest BCUT2D eigenvalue weighted by molar-refractivity contribution is -0.274. The number of thiazole rings is 1. The number of rotatable bonds is 9. The summed E-state index contributed by atoms with van der Waals surface area (Å²) in [6.45, 7) is 0. The minimum absolute atomic E-state index is 0.113. The van der Waals surface area contributed by atoms with Gasteiger partial charge in [-0.15, -0.1) is 24.5 Å². The SMILES string of the molecule is O=C(O)C[C@@H](Cc1ccco1)C(=O)N(c1nc(-c2cc(OC(F)(F)F)ccc2Cl)cs1)C1CC1. The number of hydrogen-bond donors (Lipinski definition) is 1. The Labute approximate surface area is 200 Å². The summed E-state index contributed by atoms with van der Waals surface area (Å²) in [5.41, 5.74) is 0.490. The molecular formula is C22H18ClF3N2O5S. The molecule has 0 radical (unpaired) electrons. The van der Waals surface area contributed by atoms with Gasteiger partial charge >= 0.3 is 12.3 Å². The molecule has 2 heterocycles. The van der Waals surface area contributed by atoms with Gasteiger partial charge in [0.1, 0.15) is 11.5 Å². The van der Waals surface area contributed by atoms with Crippen molar-refractivity contribution < 1.29 is 37.0 Å². The van der Waals surface area contributed by atoms with Crippen LogP contribution in [0.4, 0.5) is 18.3 Å². The maximum atomic E-state index is 13.4. The summed E-state index contributed by atoms with van der Waals surface area (Å²) >= 11 is 7.31. The molecule has 4 rings (SSSR count). The summed E-state index contributed by atoms with van der Waals surface area (Å²) in [4.78, 5) is 30.8. The lowest BCUT2D eigenvalue weighted by Crippen LogP contribution is -2.39. The van der Waals surface area contributed by atoms with Gasteiger partial charge in [0, 0.05) is 23.4 Å². The monoisotopic (exact) mass is 514 g/mol. The van der Waals surface area contributed by atoms with E-state index in [0.717, 1.165) is 36.3 Å². The number of benzene rings is 1. The fraction of sp³-hybridized carbons (Fsp3) is 0.318. The van der Waals surface area contributed by atoms with Crippen LogP contribution in [0.3, 0.4) is 0 Å². The number of halogens is 4. The Morgan fingerprint density at radius 2 is 2.09 bits per heavy atom. The number of hydrogen-bond acceptors (Lipinski definition) is 6. The number of nitrogens with zero attached hydrogens (tertiary/aromatic N) is 2. The van der Waals surface area contributed by atoms with Crippen LogP contribution in [-0.2, 0) is 16.0 Å². The van der Waals surface area contributed by atoms with E-state index in [-0.39, 0.29) is 35.2 Å². The van der Waals surface area contributed by atoms with Crippen LogP contribution in [-0.4, -0.2) is 34.4 Å². The molecule has 1 aliphatic rings. The Morgan fingerprint density at radius 3 is 2.71 bits per heavy atom. The van der Waals surface area contributed by atoms with Gasteiger partial charge in [-0.3, -0.25) is 14.5 Å². The van der Waals surface area contributed by atoms with Crippen molar-refractivity contribution in [1.82, 2.24) is 4.98 Å². The highest BCUT2D eigenvalue weighted by atomic mass is 35.5. The average molecular weight is 515 g/mol. The fourth-order valence-electron chi connectivity index (χ4n) is 3.49. The van der Waals surface area contributed by atoms with Crippen LogP contribution < -0.4 is 9.64 Å². The van der Waals surface area contributed by atoms with Crippen LogP contribution >= 0.6 is 22.9 Å². The lowest BCUT2D eigenvalue weighted by Gasteiger charge is -2.24. The Kier molecular flexibility index (Phi) is 6.85. The van der Waals surface area contributed by atoms with Gasteiger partial charge in [0.2, 0.25) is 5.91 Å². The van der Waals surface area contributed by atoms with E-state index in [9.17, 15) is 27.9 Å². The molecule has 0 aliphatic heterocycles. The first-order chi connectivity index (χ1) is 16.1. The molecule has 0 spiro atoms. The fourth-order valence-corrected chi connectivity index (χ4v) is 4.60. The molecule has 0 unspecified atom stereocenters. The molecule has 1 atom stereocenters. The Morgan fingerprint density at radius 1 is 1.32 bits per heavy atom. The molecule has 1 aliphatic carbocycles. The van der Waals surface area contributed by atoms with Crippen LogP contribution in [0.2, 0.25) is 5.02 Å². The van der Waals surface area contributed by atoms with Gasteiger partial charge in [0.25, 0.3) is 0 Å². The smallest absolute Gasteiger partial charge is 0.481 e. The number of carboxylic acids is 1. The van der Waals surface area contributed by atoms with E-state index in [1.165, 1.54) is 17.2 Å². The lowest BCUT2D eigenvalue weighted by atomic mass is 9.98. The number of aromatic nitrogens is 1. The normalized spacial score (nSPS) is 14.6. The second-order valence-corrected chi connectivity index (χ2v) is 8.97. The van der Waals surface area contributed by atoms with Gasteiger partial charge in [-0.25, -0.2) is 4.98 Å². The van der Waals surface area contributed by atoms with E-state index in [4.69, 9.17) is 16.0 Å². The number of amides is 1. The van der Waals surface area contributed by atoms with Crippen molar-refractivity contribution in [3.63, 3.8) is 0 Å². The van der Waals surface area contributed by atoms with Crippen LogP contribution in [0.1, 0.15) is 25.0 Å². The summed E-state index contributed by atoms with van der Waals surface area (Å²) in [6, 6.07) is 6.69. The number of carboxylic acid groups (broad SMARTS) is 1. The third-order valence-corrected chi connectivity index (χ3v) is 6.26. The summed E-state index contributed by atoms with van der Waals surface area (Å²) in [5, 5.41) is 11.4. The molecule has 1 N–H and O–H groups in total. The van der Waals surface area contributed by atoms with E-state index in [2.05, 4.69) is 9.72 Å². The van der Waals surface area contributed by atoms with Crippen molar-refractivity contribution in [3.05, 3.63) is 52.8 Å². The molecule has 1 aromatic carbocycles. The highest BCUT2D eigenvalue weighted by Gasteiger charge is 2.39. The van der Waals surface area contributed by atoms with Crippen molar-refractivity contribution in [2.45, 2.75) is 38.1 Å². The molecule has 34 heavy (non-hydrogen) atoms. The largest absolute Gasteiger partial charge is 0.573 e. The predicted octanol–water partition coefficient (Wildman–Crippen LogP) is 5.78. The van der Waals surface area contributed by atoms with E-state index in [1.807, 2.05) is 0 Å². The topological polar surface area (TPSA) is 92.9 Å². The zero-order chi connectivity index (χ0) is 24.5. The van der Waals surface area contributed by atoms with Crippen molar-refractivity contribution in [2.75, 3.05) is 4.90 Å². The first-order valence-corrected chi connectivity index (χ1v) is 11.4. The van der Waals surface area contributed by atoms with Crippen molar-refractivity contribution >= 4 is 39.9 Å². The van der Waals surface area contributed by atoms with Crippen LogP contribution in [0.5, 0.6) is 5.75 Å². The molecule has 0 bridgehead atoms. The Hall–Kier alpha value is -3.05. The number of anilines is 1. The third kappa shape index (κ3) is 5.89. The quantitative estimate of drug-likeness (QED) is 0.389. The molecule has 12 heteroatoms. The molecule has 3 aromatic rings. The molecule has 1 amide bonds.